The van der Waals surface area contributed by atoms with Crippen molar-refractivity contribution in [2.45, 2.75) is 19.8 Å². The SMILES string of the molecule is CCCCOCCOC[B-](F)(F)F.[K+]. The van der Waals surface area contributed by atoms with Gasteiger partial charge in [0.15, 0.2) is 0 Å². The summed E-state index contributed by atoms with van der Waals surface area (Å²) in [5.41, 5.74) is 0. The Labute approximate surface area is 125 Å². The van der Waals surface area contributed by atoms with E-state index in [0.29, 0.717) is 6.61 Å². The van der Waals surface area contributed by atoms with Crippen molar-refractivity contribution in [1.29, 1.82) is 0 Å². The molecule has 0 atom stereocenters. The largest absolute Gasteiger partial charge is 1.00 e. The summed E-state index contributed by atoms with van der Waals surface area (Å²) >= 11 is 0. The molecule has 14 heavy (non-hydrogen) atoms. The minimum absolute atomic E-state index is 0. The summed E-state index contributed by atoms with van der Waals surface area (Å²) in [7, 11) is 0. The van der Waals surface area contributed by atoms with E-state index in [4.69, 9.17) is 4.74 Å². The number of unbranched alkanes of at least 4 members (excludes halogenated alkanes) is 1. The maximum Gasteiger partial charge on any atom is 1.00 e. The van der Waals surface area contributed by atoms with Crippen molar-refractivity contribution >= 4 is 6.98 Å². The van der Waals surface area contributed by atoms with Gasteiger partial charge in [-0.25, -0.2) is 0 Å². The van der Waals surface area contributed by atoms with Gasteiger partial charge in [-0.05, 0) is 6.42 Å². The average molecular weight is 238 g/mol. The Morgan fingerprint density at radius 1 is 1.00 bits per heavy atom. The van der Waals surface area contributed by atoms with E-state index in [9.17, 15) is 12.9 Å². The molecule has 0 amide bonds. The van der Waals surface area contributed by atoms with Gasteiger partial charge >= 0.3 is 58.4 Å². The first-order valence-corrected chi connectivity index (χ1v) is 4.42. The summed E-state index contributed by atoms with van der Waals surface area (Å²) in [6.07, 6.45) is 1.95. The van der Waals surface area contributed by atoms with Gasteiger partial charge in [0.25, 0.3) is 0 Å². The molecule has 0 aliphatic rings. The Bertz CT molecular complexity index is 124. The number of hydrogen-bond donors (Lipinski definition) is 0. The van der Waals surface area contributed by atoms with Crippen LogP contribution in [0.15, 0.2) is 0 Å². The molecule has 80 valence electrons. The number of hydrogen-bond acceptors (Lipinski definition) is 2. The summed E-state index contributed by atoms with van der Waals surface area (Å²) in [6, 6.07) is 0. The molecule has 2 nitrogen and oxygen atoms in total. The fraction of sp³-hybridized carbons (Fsp3) is 1.00. The van der Waals surface area contributed by atoms with Gasteiger partial charge in [0.1, 0.15) is 0 Å². The van der Waals surface area contributed by atoms with Crippen molar-refractivity contribution in [1.82, 2.24) is 0 Å². The van der Waals surface area contributed by atoms with Crippen molar-refractivity contribution in [3.63, 3.8) is 0 Å². The monoisotopic (exact) mass is 238 g/mol. The molecule has 0 aliphatic heterocycles. The Morgan fingerprint density at radius 3 is 2.07 bits per heavy atom. The molecule has 7 heteroatoms. The van der Waals surface area contributed by atoms with Crippen LogP contribution in [0, 0.1) is 0 Å². The molecule has 0 fully saturated rings. The molecule has 0 heterocycles. The van der Waals surface area contributed by atoms with Crippen molar-refractivity contribution < 1.29 is 73.8 Å². The van der Waals surface area contributed by atoms with E-state index < -0.39 is 13.5 Å². The zero-order valence-electron chi connectivity index (χ0n) is 8.77. The quantitative estimate of drug-likeness (QED) is 0.407. The third-order valence-corrected chi connectivity index (χ3v) is 1.32. The zero-order chi connectivity index (χ0) is 10.2. The average Bonchev–Trinajstić information content (AvgIpc) is 2.01. The van der Waals surface area contributed by atoms with E-state index >= 15 is 0 Å². The van der Waals surface area contributed by atoms with Crippen LogP contribution in [0.2, 0.25) is 0 Å². The molecule has 0 radical (unpaired) electrons. The van der Waals surface area contributed by atoms with Crippen molar-refractivity contribution in [3.05, 3.63) is 0 Å². The predicted molar refractivity (Wildman–Crippen MR) is 45.6 cm³/mol. The summed E-state index contributed by atoms with van der Waals surface area (Å²) in [5.74, 6) is 0. The van der Waals surface area contributed by atoms with Gasteiger partial charge in [0.2, 0.25) is 0 Å². The molecule has 0 saturated carbocycles. The number of rotatable bonds is 8. The Balaban J connectivity index is 0. The molecular weight excluding hydrogens is 223 g/mol. The van der Waals surface area contributed by atoms with E-state index in [-0.39, 0.29) is 64.6 Å². The number of halogens is 3. The fourth-order valence-corrected chi connectivity index (χ4v) is 0.683. The van der Waals surface area contributed by atoms with Crippen LogP contribution in [0.4, 0.5) is 12.9 Å². The van der Waals surface area contributed by atoms with Gasteiger partial charge in [0, 0.05) is 13.1 Å². The summed E-state index contributed by atoms with van der Waals surface area (Å²) in [4.78, 5) is 0. The third-order valence-electron chi connectivity index (χ3n) is 1.32. The Kier molecular flexibility index (Phi) is 13.9. The smallest absolute Gasteiger partial charge is 0.447 e. The molecular formula is C7H15BF3KO2. The van der Waals surface area contributed by atoms with E-state index in [2.05, 4.69) is 4.74 Å². The van der Waals surface area contributed by atoms with Gasteiger partial charge in [-0.15, -0.1) is 0 Å². The standard InChI is InChI=1S/C7H15BF3O2.K/c1-2-3-4-12-5-6-13-7-8(9,10)11;/h2-7H2,1H3;/q-1;+1. The van der Waals surface area contributed by atoms with Crippen molar-refractivity contribution in [2.24, 2.45) is 0 Å². The molecule has 0 unspecified atom stereocenters. The minimum Gasteiger partial charge on any atom is -0.447 e. The zero-order valence-corrected chi connectivity index (χ0v) is 11.9. The molecule has 0 rings (SSSR count). The van der Waals surface area contributed by atoms with Gasteiger partial charge in [-0.1, -0.05) is 13.3 Å². The van der Waals surface area contributed by atoms with Crippen LogP contribution in [-0.4, -0.2) is 33.3 Å². The number of ether oxygens (including phenoxy) is 2. The molecule has 0 saturated heterocycles. The predicted octanol–water partition coefficient (Wildman–Crippen LogP) is -0.790. The second kappa shape index (κ2) is 10.9. The van der Waals surface area contributed by atoms with Gasteiger partial charge < -0.3 is 22.4 Å². The summed E-state index contributed by atoms with van der Waals surface area (Å²) in [6.45, 7) is -3.06. The third kappa shape index (κ3) is 15.9. The fourth-order valence-electron chi connectivity index (χ4n) is 0.683. The second-order valence-corrected chi connectivity index (χ2v) is 2.75. The normalized spacial score (nSPS) is 11.1. The first-order valence-electron chi connectivity index (χ1n) is 4.42. The second-order valence-electron chi connectivity index (χ2n) is 2.75. The Hall–Kier alpha value is 1.41. The maximum absolute atomic E-state index is 11.6. The van der Waals surface area contributed by atoms with E-state index in [1.165, 1.54) is 0 Å². The van der Waals surface area contributed by atoms with Crippen LogP contribution in [0.5, 0.6) is 0 Å². The van der Waals surface area contributed by atoms with Gasteiger partial charge in [-0.2, -0.15) is 0 Å². The maximum atomic E-state index is 11.6. The van der Waals surface area contributed by atoms with Crippen molar-refractivity contribution in [3.8, 4) is 0 Å². The molecule has 0 aromatic heterocycles. The topological polar surface area (TPSA) is 18.5 Å². The summed E-state index contributed by atoms with van der Waals surface area (Å²) in [5, 5.41) is 0. The van der Waals surface area contributed by atoms with Crippen LogP contribution in [0.25, 0.3) is 0 Å². The minimum atomic E-state index is -4.81. The van der Waals surface area contributed by atoms with E-state index in [0.717, 1.165) is 12.8 Å². The first-order chi connectivity index (χ1) is 6.06. The van der Waals surface area contributed by atoms with Gasteiger partial charge in [-0.3, -0.25) is 0 Å². The van der Waals surface area contributed by atoms with E-state index in [1.54, 1.807) is 0 Å². The molecule has 0 aromatic rings. The van der Waals surface area contributed by atoms with E-state index in [1.807, 2.05) is 6.92 Å². The first kappa shape index (κ1) is 17.8. The van der Waals surface area contributed by atoms with Crippen LogP contribution in [0.3, 0.4) is 0 Å². The summed E-state index contributed by atoms with van der Waals surface area (Å²) < 4.78 is 44.1. The molecule has 0 spiro atoms. The molecule has 0 N–H and O–H groups in total. The van der Waals surface area contributed by atoms with Gasteiger partial charge in [0.05, 0.1) is 13.2 Å². The molecule has 0 aromatic carbocycles. The van der Waals surface area contributed by atoms with Crippen LogP contribution < -0.4 is 51.4 Å². The molecule has 0 bridgehead atoms. The van der Waals surface area contributed by atoms with Crippen LogP contribution in [-0.2, 0) is 9.47 Å². The van der Waals surface area contributed by atoms with Crippen molar-refractivity contribution in [2.75, 3.05) is 26.3 Å². The van der Waals surface area contributed by atoms with Crippen LogP contribution in [0.1, 0.15) is 19.8 Å². The molecule has 0 aliphatic carbocycles. The van der Waals surface area contributed by atoms with Crippen LogP contribution >= 0.6 is 0 Å². The Morgan fingerprint density at radius 2 is 1.57 bits per heavy atom.